The van der Waals surface area contributed by atoms with Gasteiger partial charge in [0, 0.05) is 5.70 Å². The molecule has 2 N–H and O–H groups in total. The fourth-order valence-corrected chi connectivity index (χ4v) is 3.45. The largest absolute Gasteiger partial charge is 0.399 e. The third kappa shape index (κ3) is 8.47. The van der Waals surface area contributed by atoms with Crippen molar-refractivity contribution >= 4 is 0 Å². The van der Waals surface area contributed by atoms with E-state index in [-0.39, 0.29) is 0 Å². The summed E-state index contributed by atoms with van der Waals surface area (Å²) in [5.74, 6) is 1.53. The minimum atomic E-state index is 0.619. The van der Waals surface area contributed by atoms with Crippen LogP contribution in [0, 0.1) is 18.8 Å². The number of hydrogen-bond acceptors (Lipinski definition) is 1. The van der Waals surface area contributed by atoms with E-state index >= 15 is 0 Å². The summed E-state index contributed by atoms with van der Waals surface area (Å²) in [4.78, 5) is 0. The minimum absolute atomic E-state index is 0.619. The van der Waals surface area contributed by atoms with E-state index in [4.69, 9.17) is 5.73 Å². The highest BCUT2D eigenvalue weighted by molar-refractivity contribution is 5.48. The highest BCUT2D eigenvalue weighted by Crippen LogP contribution is 2.25. The quantitative estimate of drug-likeness (QED) is 0.409. The van der Waals surface area contributed by atoms with E-state index < -0.39 is 0 Å². The molecule has 0 aromatic heterocycles. The lowest BCUT2D eigenvalue weighted by Gasteiger charge is -2.17. The first kappa shape index (κ1) is 23.0. The molecule has 27 heavy (non-hydrogen) atoms. The summed E-state index contributed by atoms with van der Waals surface area (Å²) < 4.78 is 0. The zero-order valence-corrected chi connectivity index (χ0v) is 18.1. The minimum Gasteiger partial charge on any atom is -0.399 e. The van der Waals surface area contributed by atoms with Gasteiger partial charge in [0.1, 0.15) is 0 Å². The van der Waals surface area contributed by atoms with Gasteiger partial charge in [-0.15, -0.1) is 0 Å². The first-order chi connectivity index (χ1) is 12.8. The first-order valence-corrected chi connectivity index (χ1v) is 10.3. The monoisotopic (exact) mass is 365 g/mol. The van der Waals surface area contributed by atoms with Gasteiger partial charge in [0.25, 0.3) is 0 Å². The predicted molar refractivity (Wildman–Crippen MR) is 122 cm³/mol. The number of nitrogens with two attached hydrogens (primary N) is 1. The molecule has 1 aromatic carbocycles. The maximum Gasteiger partial charge on any atom is 0.0314 e. The van der Waals surface area contributed by atoms with Gasteiger partial charge in [0.15, 0.2) is 0 Å². The standard InChI is InChI=1S/C26H39N/c1-8-19(3)16-21(5)10-11-22(6)17-25(26(9-2)23(7)27)18-24-14-12-20(4)13-15-24/h9,12-15,17,19,21H,6-8,10-11,16,18,27H2,1-5H3/b25-17-,26-9-. The van der Waals surface area contributed by atoms with Crippen molar-refractivity contribution < 1.29 is 0 Å². The Morgan fingerprint density at radius 2 is 1.74 bits per heavy atom. The second-order valence-corrected chi connectivity index (χ2v) is 8.11. The summed E-state index contributed by atoms with van der Waals surface area (Å²) in [5, 5.41) is 0. The van der Waals surface area contributed by atoms with E-state index in [1.165, 1.54) is 41.5 Å². The molecule has 0 aliphatic rings. The normalized spacial score (nSPS) is 14.7. The fourth-order valence-electron chi connectivity index (χ4n) is 3.45. The van der Waals surface area contributed by atoms with Crippen LogP contribution in [0.3, 0.4) is 0 Å². The Kier molecular flexibility index (Phi) is 9.93. The van der Waals surface area contributed by atoms with Crippen LogP contribution in [0.5, 0.6) is 0 Å². The molecule has 0 heterocycles. The molecule has 148 valence electrons. The third-order valence-electron chi connectivity index (χ3n) is 5.33. The SMILES string of the molecule is C=C(/C=C(Cc1ccc(C)cc1)\C(=C/C)C(=C)N)CCC(C)CC(C)CC. The molecule has 1 nitrogen and oxygen atoms in total. The van der Waals surface area contributed by atoms with E-state index in [0.717, 1.165) is 30.3 Å². The molecular formula is C26H39N. The lowest BCUT2D eigenvalue weighted by atomic mass is 9.89. The summed E-state index contributed by atoms with van der Waals surface area (Å²) in [6.07, 6.45) is 9.90. The number of rotatable bonds is 11. The summed E-state index contributed by atoms with van der Waals surface area (Å²) in [6, 6.07) is 8.69. The summed E-state index contributed by atoms with van der Waals surface area (Å²) in [6.45, 7) is 19.4. The summed E-state index contributed by atoms with van der Waals surface area (Å²) in [5.41, 5.74) is 12.6. The van der Waals surface area contributed by atoms with Gasteiger partial charge < -0.3 is 5.73 Å². The molecule has 0 amide bonds. The molecule has 1 heteroatoms. The Labute approximate surface area is 167 Å². The van der Waals surface area contributed by atoms with E-state index in [1.54, 1.807) is 0 Å². The fraction of sp³-hybridized carbons (Fsp3) is 0.462. The molecule has 0 radical (unpaired) electrons. The maximum absolute atomic E-state index is 6.06. The van der Waals surface area contributed by atoms with Crippen molar-refractivity contribution in [2.24, 2.45) is 17.6 Å². The van der Waals surface area contributed by atoms with Gasteiger partial charge >= 0.3 is 0 Å². The van der Waals surface area contributed by atoms with E-state index in [0.29, 0.717) is 5.70 Å². The predicted octanol–water partition coefficient (Wildman–Crippen LogP) is 7.29. The van der Waals surface area contributed by atoms with Crippen molar-refractivity contribution in [2.75, 3.05) is 0 Å². The lowest BCUT2D eigenvalue weighted by molar-refractivity contribution is 0.388. The van der Waals surface area contributed by atoms with Crippen molar-refractivity contribution in [1.82, 2.24) is 0 Å². The van der Waals surface area contributed by atoms with Crippen molar-refractivity contribution in [2.45, 2.75) is 66.7 Å². The van der Waals surface area contributed by atoms with Gasteiger partial charge in [-0.25, -0.2) is 0 Å². The number of benzene rings is 1. The highest BCUT2D eigenvalue weighted by atomic mass is 14.6. The van der Waals surface area contributed by atoms with Crippen LogP contribution in [-0.4, -0.2) is 0 Å². The van der Waals surface area contributed by atoms with Crippen LogP contribution in [0.4, 0.5) is 0 Å². The van der Waals surface area contributed by atoms with Crippen molar-refractivity contribution in [3.05, 3.63) is 83.1 Å². The summed E-state index contributed by atoms with van der Waals surface area (Å²) in [7, 11) is 0. The van der Waals surface area contributed by atoms with Crippen LogP contribution in [0.1, 0.15) is 64.5 Å². The van der Waals surface area contributed by atoms with Crippen LogP contribution >= 0.6 is 0 Å². The second-order valence-electron chi connectivity index (χ2n) is 8.11. The second kappa shape index (κ2) is 11.6. The van der Waals surface area contributed by atoms with Crippen LogP contribution in [-0.2, 0) is 6.42 Å². The molecule has 2 unspecified atom stereocenters. The highest BCUT2D eigenvalue weighted by Gasteiger charge is 2.10. The average molecular weight is 366 g/mol. The number of aryl methyl sites for hydroxylation is 1. The molecule has 0 aliphatic carbocycles. The van der Waals surface area contributed by atoms with Crippen molar-refractivity contribution in [3.63, 3.8) is 0 Å². The van der Waals surface area contributed by atoms with Gasteiger partial charge in [0.2, 0.25) is 0 Å². The van der Waals surface area contributed by atoms with E-state index in [2.05, 4.69) is 77.3 Å². The zero-order chi connectivity index (χ0) is 20.4. The van der Waals surface area contributed by atoms with Gasteiger partial charge in [-0.05, 0) is 68.1 Å². The first-order valence-electron chi connectivity index (χ1n) is 10.3. The Balaban J connectivity index is 2.89. The van der Waals surface area contributed by atoms with Crippen molar-refractivity contribution in [3.8, 4) is 0 Å². The molecule has 2 atom stereocenters. The molecule has 0 saturated carbocycles. The van der Waals surface area contributed by atoms with E-state index in [1.807, 2.05) is 6.92 Å². The zero-order valence-electron chi connectivity index (χ0n) is 18.1. The van der Waals surface area contributed by atoms with Crippen molar-refractivity contribution in [1.29, 1.82) is 0 Å². The average Bonchev–Trinajstić information content (AvgIpc) is 2.62. The Hall–Kier alpha value is -2.02. The summed E-state index contributed by atoms with van der Waals surface area (Å²) >= 11 is 0. The molecule has 0 aliphatic heterocycles. The molecular weight excluding hydrogens is 326 g/mol. The molecule has 0 spiro atoms. The third-order valence-corrected chi connectivity index (χ3v) is 5.33. The van der Waals surface area contributed by atoms with E-state index in [9.17, 15) is 0 Å². The van der Waals surface area contributed by atoms with Gasteiger partial charge in [-0.1, -0.05) is 87.9 Å². The topological polar surface area (TPSA) is 26.0 Å². The Bertz CT molecular complexity index is 673. The van der Waals surface area contributed by atoms with Crippen LogP contribution in [0.15, 0.2) is 72.0 Å². The molecule has 1 aromatic rings. The van der Waals surface area contributed by atoms with Gasteiger partial charge in [-0.3, -0.25) is 0 Å². The maximum atomic E-state index is 6.06. The van der Waals surface area contributed by atoms with Crippen LogP contribution in [0.2, 0.25) is 0 Å². The Morgan fingerprint density at radius 3 is 2.26 bits per heavy atom. The van der Waals surface area contributed by atoms with Gasteiger partial charge in [0.05, 0.1) is 0 Å². The Morgan fingerprint density at radius 1 is 1.11 bits per heavy atom. The molecule has 0 saturated heterocycles. The van der Waals surface area contributed by atoms with Crippen LogP contribution < -0.4 is 5.73 Å². The molecule has 0 fully saturated rings. The van der Waals surface area contributed by atoms with Crippen LogP contribution in [0.25, 0.3) is 0 Å². The van der Waals surface area contributed by atoms with Gasteiger partial charge in [-0.2, -0.15) is 0 Å². The number of hydrogen-bond donors (Lipinski definition) is 1. The molecule has 1 rings (SSSR count). The lowest BCUT2D eigenvalue weighted by Crippen LogP contribution is -2.05. The number of allylic oxidation sites excluding steroid dienone is 4. The smallest absolute Gasteiger partial charge is 0.0314 e. The molecule has 0 bridgehead atoms.